The number of allylic oxidation sites excluding steroid dienone is 1. The van der Waals surface area contributed by atoms with Crippen molar-refractivity contribution in [3.05, 3.63) is 41.5 Å². The van der Waals surface area contributed by atoms with E-state index in [0.717, 1.165) is 30.4 Å². The van der Waals surface area contributed by atoms with E-state index in [0.29, 0.717) is 32.1 Å². The number of nitrogens with one attached hydrogen (secondary N) is 4. The molecule has 2 bridgehead atoms. The Hall–Kier alpha value is -3.94. The van der Waals surface area contributed by atoms with Crippen molar-refractivity contribution in [1.82, 2.24) is 25.6 Å². The number of nitrogens with zero attached hydrogens (tertiary/aromatic N) is 1. The van der Waals surface area contributed by atoms with Crippen LogP contribution in [0.4, 0.5) is 4.79 Å². The first kappa shape index (κ1) is 38.3. The topological polar surface area (TPSA) is 180 Å². The highest BCUT2D eigenvalue weighted by atomic mass is 32.2. The fourth-order valence-electron chi connectivity index (χ4n) is 7.09. The van der Waals surface area contributed by atoms with Crippen LogP contribution < -0.4 is 20.7 Å². The quantitative estimate of drug-likeness (QED) is 0.345. The summed E-state index contributed by atoms with van der Waals surface area (Å²) in [5.41, 5.74) is -0.148. The van der Waals surface area contributed by atoms with Crippen LogP contribution >= 0.6 is 0 Å². The van der Waals surface area contributed by atoms with Gasteiger partial charge in [0.2, 0.25) is 27.7 Å². The maximum atomic E-state index is 14.3. The summed E-state index contributed by atoms with van der Waals surface area (Å²) in [5.74, 6) is -2.45. The second kappa shape index (κ2) is 15.7. The molecule has 3 fully saturated rings. The van der Waals surface area contributed by atoms with Crippen LogP contribution in [0.3, 0.4) is 0 Å². The summed E-state index contributed by atoms with van der Waals surface area (Å²) in [5, 5.41) is 7.95. The monoisotopic (exact) mass is 727 g/mol. The number of rotatable bonds is 6. The normalized spacial score (nSPS) is 28.9. The molecule has 13 nitrogen and oxygen atoms in total. The lowest BCUT2D eigenvalue weighted by atomic mass is 9.85. The van der Waals surface area contributed by atoms with Crippen molar-refractivity contribution >= 4 is 45.8 Å². The molecule has 5 amide bonds. The van der Waals surface area contributed by atoms with Gasteiger partial charge in [-0.2, -0.15) is 0 Å². The van der Waals surface area contributed by atoms with Gasteiger partial charge in [0.15, 0.2) is 0 Å². The van der Waals surface area contributed by atoms with Gasteiger partial charge in [0.1, 0.15) is 17.6 Å². The Bertz CT molecular complexity index is 1630. The average Bonchev–Trinajstić information content (AvgIpc) is 4.00. The summed E-state index contributed by atoms with van der Waals surface area (Å²) in [6.07, 6.45) is 9.21. The molecular formula is C37H53N5O8S. The maximum Gasteiger partial charge on any atom is 0.407 e. The van der Waals surface area contributed by atoms with Gasteiger partial charge in [0, 0.05) is 19.0 Å². The Morgan fingerprint density at radius 1 is 1.04 bits per heavy atom. The Labute approximate surface area is 301 Å². The first-order chi connectivity index (χ1) is 24.1. The van der Waals surface area contributed by atoms with Crippen molar-refractivity contribution in [1.29, 1.82) is 0 Å². The number of amides is 5. The van der Waals surface area contributed by atoms with Gasteiger partial charge in [-0.3, -0.25) is 23.9 Å². The van der Waals surface area contributed by atoms with Crippen molar-refractivity contribution in [2.75, 3.05) is 13.2 Å². The fraction of sp³-hybridized carbons (Fsp3) is 0.649. The van der Waals surface area contributed by atoms with Crippen LogP contribution in [0.1, 0.15) is 103 Å². The third-order valence-corrected chi connectivity index (χ3v) is 12.2. The third kappa shape index (κ3) is 9.49. The molecule has 5 rings (SSSR count). The Morgan fingerprint density at radius 2 is 1.78 bits per heavy atom. The Kier molecular flexibility index (Phi) is 11.8. The van der Waals surface area contributed by atoms with E-state index in [-0.39, 0.29) is 44.2 Å². The van der Waals surface area contributed by atoms with E-state index in [4.69, 9.17) is 4.74 Å². The minimum absolute atomic E-state index is 0.00223. The molecule has 1 aromatic rings. The van der Waals surface area contributed by atoms with Gasteiger partial charge >= 0.3 is 6.09 Å². The van der Waals surface area contributed by atoms with E-state index in [1.54, 1.807) is 20.8 Å². The summed E-state index contributed by atoms with van der Waals surface area (Å²) in [6.45, 7) is 7.43. The summed E-state index contributed by atoms with van der Waals surface area (Å²) in [7, 11) is -3.86. The first-order valence-corrected chi connectivity index (χ1v) is 19.8. The predicted molar refractivity (Wildman–Crippen MR) is 191 cm³/mol. The number of fused-ring (bicyclic) bond motifs is 3. The predicted octanol–water partition coefficient (Wildman–Crippen LogP) is 3.33. The molecule has 0 unspecified atom stereocenters. The Morgan fingerprint density at radius 3 is 2.47 bits per heavy atom. The molecule has 2 heterocycles. The van der Waals surface area contributed by atoms with Crippen molar-refractivity contribution in [3.8, 4) is 0 Å². The van der Waals surface area contributed by atoms with Crippen molar-refractivity contribution < 1.29 is 37.1 Å². The van der Waals surface area contributed by atoms with E-state index in [2.05, 4.69) is 32.8 Å². The molecule has 2 aliphatic heterocycles. The third-order valence-electron chi connectivity index (χ3n) is 10.4. The van der Waals surface area contributed by atoms with E-state index >= 15 is 0 Å². The standard InChI is InChI=1S/C37H53N5O8S/c1-5-26-22-37(26,34(46)41-51(48,49)28-17-18-28)40-32(44)29-21-27-23-42(29)33(45)31(36(2,3)4)39-35(47)50-20-12-8-6-7-9-13-24-14-10-11-15-25(24)16-19-30(43)38-27/h9-11,13-15,26-29,31H,5-8,12,16-23H2,1-4H3,(H,38,43)(H,39,47)(H,40,44)(H,41,46)/b13-9+/t26-,27-,29+,31-,37-/m1/s1. The molecular weight excluding hydrogens is 675 g/mol. The zero-order valence-corrected chi connectivity index (χ0v) is 31.0. The van der Waals surface area contributed by atoms with Crippen LogP contribution in [0.25, 0.3) is 6.08 Å². The summed E-state index contributed by atoms with van der Waals surface area (Å²) >= 11 is 0. The number of hydrogen-bond donors (Lipinski definition) is 4. The van der Waals surface area contributed by atoms with E-state index in [1.807, 2.05) is 31.2 Å². The van der Waals surface area contributed by atoms with Crippen LogP contribution in [-0.4, -0.2) is 85.1 Å². The lowest BCUT2D eigenvalue weighted by molar-refractivity contribution is -0.142. The number of carbonyl (C=O) groups is 5. The fourth-order valence-corrected chi connectivity index (χ4v) is 8.45. The van der Waals surface area contributed by atoms with Crippen LogP contribution in [0.2, 0.25) is 0 Å². The van der Waals surface area contributed by atoms with Crippen LogP contribution in [0.5, 0.6) is 0 Å². The van der Waals surface area contributed by atoms with Gasteiger partial charge in [-0.05, 0) is 80.2 Å². The minimum atomic E-state index is -3.86. The molecule has 1 aromatic carbocycles. The van der Waals surface area contributed by atoms with E-state index in [1.165, 1.54) is 4.90 Å². The molecule has 2 aliphatic carbocycles. The number of hydrogen-bond acceptors (Lipinski definition) is 8. The lowest BCUT2D eigenvalue weighted by Gasteiger charge is -2.35. The molecule has 4 N–H and O–H groups in total. The molecule has 2 saturated carbocycles. The second-order valence-corrected chi connectivity index (χ2v) is 17.4. The molecule has 0 spiro atoms. The molecule has 1 saturated heterocycles. The zero-order chi connectivity index (χ0) is 37.0. The number of ether oxygens (including phenoxy) is 1. The SMILES string of the molecule is CC[C@@H]1C[C@]1(NC(=O)[C@@H]1C[C@@H]2CN1C(=O)[C@H](C(C)(C)C)NC(=O)OCCCCC/C=C/c1ccccc1CCC(=O)N2)C(=O)NS(=O)(=O)C1CC1. The second-order valence-electron chi connectivity index (χ2n) is 15.5. The summed E-state index contributed by atoms with van der Waals surface area (Å²) in [4.78, 5) is 69.5. The average molecular weight is 728 g/mol. The van der Waals surface area contributed by atoms with Crippen molar-refractivity contribution in [3.63, 3.8) is 0 Å². The largest absolute Gasteiger partial charge is 0.450 e. The van der Waals surface area contributed by atoms with Gasteiger partial charge in [0.25, 0.3) is 5.91 Å². The molecule has 280 valence electrons. The number of sulfonamides is 1. The van der Waals surface area contributed by atoms with Gasteiger partial charge in [0.05, 0.1) is 11.9 Å². The molecule has 5 atom stereocenters. The minimum Gasteiger partial charge on any atom is -0.450 e. The van der Waals surface area contributed by atoms with Gasteiger partial charge < -0.3 is 25.6 Å². The Balaban J connectivity index is 1.39. The van der Waals surface area contributed by atoms with Crippen molar-refractivity contribution in [2.24, 2.45) is 11.3 Å². The van der Waals surface area contributed by atoms with Crippen LogP contribution in [0, 0.1) is 11.3 Å². The number of benzene rings is 1. The van der Waals surface area contributed by atoms with Crippen LogP contribution in [0.15, 0.2) is 30.3 Å². The maximum absolute atomic E-state index is 14.3. The van der Waals surface area contributed by atoms with E-state index in [9.17, 15) is 32.4 Å². The molecule has 0 aromatic heterocycles. The summed E-state index contributed by atoms with van der Waals surface area (Å²) in [6, 6.07) is 5.14. The highest BCUT2D eigenvalue weighted by Crippen LogP contribution is 2.47. The molecule has 0 radical (unpaired) electrons. The highest BCUT2D eigenvalue weighted by molar-refractivity contribution is 7.91. The van der Waals surface area contributed by atoms with E-state index < -0.39 is 68.2 Å². The van der Waals surface area contributed by atoms with Gasteiger partial charge in [-0.15, -0.1) is 0 Å². The smallest absolute Gasteiger partial charge is 0.407 e. The number of aryl methyl sites for hydroxylation is 1. The first-order valence-electron chi connectivity index (χ1n) is 18.3. The summed E-state index contributed by atoms with van der Waals surface area (Å²) < 4.78 is 32.9. The number of alkyl carbamates (subject to hydrolysis) is 1. The molecule has 51 heavy (non-hydrogen) atoms. The van der Waals surface area contributed by atoms with Crippen LogP contribution in [-0.2, 0) is 40.4 Å². The van der Waals surface area contributed by atoms with Crippen molar-refractivity contribution in [2.45, 2.75) is 127 Å². The molecule has 4 aliphatic rings. The highest BCUT2D eigenvalue weighted by Gasteiger charge is 2.62. The number of carbonyl (C=O) groups excluding carboxylic acids is 5. The molecule has 14 heteroatoms. The van der Waals surface area contributed by atoms with Gasteiger partial charge in [-0.25, -0.2) is 13.2 Å². The zero-order valence-electron chi connectivity index (χ0n) is 30.2. The number of cyclic esters (lactones) is 1. The van der Waals surface area contributed by atoms with Gasteiger partial charge in [-0.1, -0.05) is 70.5 Å². The lowest BCUT2D eigenvalue weighted by Crippen LogP contribution is -2.60.